The molecule has 2 aromatic rings. The van der Waals surface area contributed by atoms with Crippen molar-refractivity contribution in [1.29, 1.82) is 0 Å². The van der Waals surface area contributed by atoms with Crippen molar-refractivity contribution >= 4 is 34.8 Å². The second-order valence-electron chi connectivity index (χ2n) is 5.51. The van der Waals surface area contributed by atoms with Gasteiger partial charge in [-0.15, -0.1) is 13.2 Å². The van der Waals surface area contributed by atoms with E-state index in [2.05, 4.69) is 36.5 Å². The van der Waals surface area contributed by atoms with Crippen LogP contribution in [0.1, 0.15) is 22.2 Å². The van der Waals surface area contributed by atoms with E-state index >= 15 is 0 Å². The number of nitrogens with zero attached hydrogens (tertiary/aromatic N) is 3. The molecule has 2 aromatic heterocycles. The minimum absolute atomic E-state index is 0.0454. The Hall–Kier alpha value is -3.55. The van der Waals surface area contributed by atoms with Crippen molar-refractivity contribution in [2.75, 3.05) is 11.1 Å². The van der Waals surface area contributed by atoms with Crippen LogP contribution >= 0.6 is 11.3 Å². The fourth-order valence-electron chi connectivity index (χ4n) is 2.00. The van der Waals surface area contributed by atoms with Crippen LogP contribution in [0.5, 0.6) is 5.88 Å². The Bertz CT molecular complexity index is 1000. The van der Waals surface area contributed by atoms with Crippen LogP contribution in [0, 0.1) is 0 Å². The summed E-state index contributed by atoms with van der Waals surface area (Å²) in [6.07, 6.45) is -1.71. The van der Waals surface area contributed by atoms with E-state index in [0.717, 1.165) is 29.7 Å². The van der Waals surface area contributed by atoms with E-state index in [0.29, 0.717) is 5.70 Å². The summed E-state index contributed by atoms with van der Waals surface area (Å²) in [5.74, 6) is -1.79. The molecule has 31 heavy (non-hydrogen) atoms. The lowest BCUT2D eigenvalue weighted by atomic mass is 10.1. The van der Waals surface area contributed by atoms with Gasteiger partial charge in [-0.25, -0.2) is 15.0 Å². The van der Waals surface area contributed by atoms with Crippen molar-refractivity contribution in [3.05, 3.63) is 52.5 Å². The summed E-state index contributed by atoms with van der Waals surface area (Å²) >= 11 is 0.871. The van der Waals surface area contributed by atoms with Crippen LogP contribution in [-0.2, 0) is 4.74 Å². The van der Waals surface area contributed by atoms with Crippen LogP contribution < -0.4 is 15.8 Å². The maximum absolute atomic E-state index is 12.6. The van der Waals surface area contributed by atoms with Gasteiger partial charge in [-0.1, -0.05) is 11.3 Å². The quantitative estimate of drug-likeness (QED) is 0.187. The molecule has 2 heterocycles. The van der Waals surface area contributed by atoms with Gasteiger partial charge in [0.15, 0.2) is 5.13 Å². The molecule has 0 aromatic carbocycles. The van der Waals surface area contributed by atoms with E-state index in [9.17, 15) is 26.7 Å². The zero-order valence-corrected chi connectivity index (χ0v) is 16.4. The standard InChI is InChI=1S/C17H14F5N5O3S/c1-8(3-5-10(24-2)30-17(20,21)22)26-16-27-14(23)13(31-16)12(28)9-4-6-11(25-7-9)29-15(18)19/h3-7,15H,2,23H2,1H3,(H,26,27)/b8-3+,10-5+. The molecule has 0 fully saturated rings. The molecule has 0 aliphatic heterocycles. The van der Waals surface area contributed by atoms with Crippen LogP contribution in [0.4, 0.5) is 32.9 Å². The normalized spacial score (nSPS) is 12.6. The van der Waals surface area contributed by atoms with E-state index in [1.54, 1.807) is 0 Å². The Morgan fingerprint density at radius 2 is 2.06 bits per heavy atom. The number of ether oxygens (including phenoxy) is 2. The van der Waals surface area contributed by atoms with Gasteiger partial charge in [-0.2, -0.15) is 8.78 Å². The van der Waals surface area contributed by atoms with Gasteiger partial charge in [0, 0.05) is 29.6 Å². The van der Waals surface area contributed by atoms with Gasteiger partial charge >= 0.3 is 13.0 Å². The first kappa shape index (κ1) is 23.7. The Morgan fingerprint density at radius 3 is 2.61 bits per heavy atom. The monoisotopic (exact) mass is 463 g/mol. The minimum Gasteiger partial charge on any atom is -0.417 e. The first-order valence-electron chi connectivity index (χ1n) is 8.08. The lowest BCUT2D eigenvalue weighted by Gasteiger charge is -2.07. The maximum atomic E-state index is 12.6. The molecule has 0 amide bonds. The van der Waals surface area contributed by atoms with Crippen LogP contribution in [-0.4, -0.2) is 35.4 Å². The van der Waals surface area contributed by atoms with Crippen molar-refractivity contribution in [3.63, 3.8) is 0 Å². The van der Waals surface area contributed by atoms with E-state index < -0.39 is 24.6 Å². The van der Waals surface area contributed by atoms with Gasteiger partial charge in [0.05, 0.1) is 0 Å². The molecular weight excluding hydrogens is 449 g/mol. The number of carbonyl (C=O) groups is 1. The number of alkyl halides is 5. The second-order valence-corrected chi connectivity index (χ2v) is 6.51. The molecule has 166 valence electrons. The Kier molecular flexibility index (Phi) is 7.63. The van der Waals surface area contributed by atoms with Crippen LogP contribution in [0.15, 0.2) is 47.1 Å². The van der Waals surface area contributed by atoms with E-state index in [1.807, 2.05) is 0 Å². The van der Waals surface area contributed by atoms with E-state index in [-0.39, 0.29) is 27.3 Å². The van der Waals surface area contributed by atoms with Gasteiger partial charge in [0.1, 0.15) is 10.7 Å². The molecular formula is C17H14F5N5O3S. The van der Waals surface area contributed by atoms with Crippen LogP contribution in [0.2, 0.25) is 0 Å². The van der Waals surface area contributed by atoms with Gasteiger partial charge in [0.2, 0.25) is 17.5 Å². The number of nitrogens with one attached hydrogen (secondary N) is 1. The predicted molar refractivity (Wildman–Crippen MR) is 103 cm³/mol. The maximum Gasteiger partial charge on any atom is 0.574 e. The molecule has 0 aliphatic carbocycles. The number of pyridine rings is 1. The van der Waals surface area contributed by atoms with Gasteiger partial charge < -0.3 is 20.5 Å². The number of nitrogen functional groups attached to an aromatic ring is 1. The third kappa shape index (κ3) is 7.33. The summed E-state index contributed by atoms with van der Waals surface area (Å²) in [7, 11) is 0. The smallest absolute Gasteiger partial charge is 0.417 e. The first-order chi connectivity index (χ1) is 14.5. The first-order valence-corrected chi connectivity index (χ1v) is 8.90. The topological polar surface area (TPSA) is 112 Å². The highest BCUT2D eigenvalue weighted by Gasteiger charge is 2.31. The number of carbonyl (C=O) groups excluding carboxylic acids is 1. The van der Waals surface area contributed by atoms with Crippen molar-refractivity contribution < 1.29 is 36.2 Å². The van der Waals surface area contributed by atoms with Crippen LogP contribution in [0.3, 0.4) is 0 Å². The van der Waals surface area contributed by atoms with E-state index in [1.165, 1.54) is 19.1 Å². The number of ketones is 1. The average molecular weight is 463 g/mol. The molecule has 14 heteroatoms. The SMILES string of the molecule is C=N/C(=C\C=C(/C)Nc1nc(N)c(C(=O)c2ccc(OC(F)F)nc2)s1)OC(F)(F)F. The number of anilines is 2. The highest BCUT2D eigenvalue weighted by atomic mass is 32.1. The average Bonchev–Trinajstić information content (AvgIpc) is 3.03. The van der Waals surface area contributed by atoms with Crippen LogP contribution in [0.25, 0.3) is 0 Å². The molecule has 0 bridgehead atoms. The Balaban J connectivity index is 2.13. The van der Waals surface area contributed by atoms with Crippen molar-refractivity contribution in [3.8, 4) is 5.88 Å². The summed E-state index contributed by atoms with van der Waals surface area (Å²) in [5.41, 5.74) is 6.15. The molecule has 0 unspecified atom stereocenters. The number of aliphatic imine (C=N–C) groups is 1. The molecule has 0 saturated heterocycles. The molecule has 3 N–H and O–H groups in total. The molecule has 0 spiro atoms. The summed E-state index contributed by atoms with van der Waals surface area (Å²) in [6.45, 7) is 1.44. The number of halogens is 5. The number of nitrogens with two attached hydrogens (primary N) is 1. The lowest BCUT2D eigenvalue weighted by Crippen LogP contribution is -2.11. The summed E-state index contributed by atoms with van der Waals surface area (Å²) in [4.78, 5) is 23.3. The third-order valence-electron chi connectivity index (χ3n) is 3.22. The van der Waals surface area contributed by atoms with E-state index in [4.69, 9.17) is 5.73 Å². The van der Waals surface area contributed by atoms with Crippen molar-refractivity contribution in [2.24, 2.45) is 4.99 Å². The molecule has 0 atom stereocenters. The third-order valence-corrected chi connectivity index (χ3v) is 4.21. The van der Waals surface area contributed by atoms with Gasteiger partial charge in [0.25, 0.3) is 0 Å². The summed E-state index contributed by atoms with van der Waals surface area (Å²) < 4.78 is 68.7. The zero-order valence-electron chi connectivity index (χ0n) is 15.6. The second kappa shape index (κ2) is 9.97. The zero-order chi connectivity index (χ0) is 23.2. The Morgan fingerprint density at radius 1 is 1.35 bits per heavy atom. The number of rotatable bonds is 9. The highest BCUT2D eigenvalue weighted by molar-refractivity contribution is 7.18. The Labute approximate surface area is 175 Å². The highest BCUT2D eigenvalue weighted by Crippen LogP contribution is 2.29. The molecule has 0 radical (unpaired) electrons. The number of hydrogen-bond donors (Lipinski definition) is 2. The number of thiazole rings is 1. The number of aromatic nitrogens is 2. The largest absolute Gasteiger partial charge is 0.574 e. The van der Waals surface area contributed by atoms with Gasteiger partial charge in [-0.05, 0) is 25.8 Å². The molecule has 8 nitrogen and oxygen atoms in total. The molecule has 0 saturated carbocycles. The number of allylic oxidation sites excluding steroid dienone is 3. The number of hydrogen-bond acceptors (Lipinski definition) is 9. The van der Waals surface area contributed by atoms with Crippen molar-refractivity contribution in [2.45, 2.75) is 19.9 Å². The fraction of sp³-hybridized carbons (Fsp3) is 0.176. The summed E-state index contributed by atoms with van der Waals surface area (Å²) in [6, 6.07) is 2.34. The lowest BCUT2D eigenvalue weighted by molar-refractivity contribution is -0.305. The minimum atomic E-state index is -4.92. The van der Waals surface area contributed by atoms with Crippen molar-refractivity contribution in [1.82, 2.24) is 9.97 Å². The fourth-order valence-corrected chi connectivity index (χ4v) is 2.91. The summed E-state index contributed by atoms with van der Waals surface area (Å²) in [5, 5.41) is 2.94. The molecule has 0 aliphatic rings. The predicted octanol–water partition coefficient (Wildman–Crippen LogP) is 4.35. The molecule has 2 rings (SSSR count). The van der Waals surface area contributed by atoms with Gasteiger partial charge in [-0.3, -0.25) is 4.79 Å².